The largest absolute Gasteiger partial charge is 0.389 e. The molecule has 5 nitrogen and oxygen atoms in total. The molecule has 0 aromatic heterocycles. The van der Waals surface area contributed by atoms with Crippen LogP contribution in [0.25, 0.3) is 0 Å². The van der Waals surface area contributed by atoms with Crippen LogP contribution in [0.5, 0.6) is 0 Å². The molecule has 1 amide bonds. The molecule has 0 fully saturated rings. The number of halogens is 4. The van der Waals surface area contributed by atoms with E-state index in [0.29, 0.717) is 0 Å². The van der Waals surface area contributed by atoms with Crippen molar-refractivity contribution in [1.82, 2.24) is 5.32 Å². The standard InChI is InChI=1S/C11H10BrF3N2O3/c12-8-3-2-7(6-9(8)17(19)20)10(18)16-5-1-4-11(13,14)15/h2-3,6H,1,4-5H2,(H,16,18). The van der Waals surface area contributed by atoms with Crippen LogP contribution < -0.4 is 5.32 Å². The first-order valence-corrected chi connectivity index (χ1v) is 6.29. The van der Waals surface area contributed by atoms with Crippen molar-refractivity contribution in [1.29, 1.82) is 0 Å². The van der Waals surface area contributed by atoms with E-state index in [-0.39, 0.29) is 28.7 Å². The van der Waals surface area contributed by atoms with Gasteiger partial charge in [0.15, 0.2) is 0 Å². The van der Waals surface area contributed by atoms with Crippen molar-refractivity contribution in [3.8, 4) is 0 Å². The van der Waals surface area contributed by atoms with E-state index < -0.39 is 23.4 Å². The first kappa shape index (κ1) is 16.4. The topological polar surface area (TPSA) is 72.2 Å². The summed E-state index contributed by atoms with van der Waals surface area (Å²) in [4.78, 5) is 21.6. The Bertz CT molecular complexity index is 520. The molecule has 20 heavy (non-hydrogen) atoms. The number of nitro benzene ring substituents is 1. The molecule has 0 saturated carbocycles. The number of benzene rings is 1. The van der Waals surface area contributed by atoms with Gasteiger partial charge in [-0.25, -0.2) is 0 Å². The molecule has 9 heteroatoms. The lowest BCUT2D eigenvalue weighted by atomic mass is 10.2. The van der Waals surface area contributed by atoms with Gasteiger partial charge >= 0.3 is 6.18 Å². The number of hydrogen-bond acceptors (Lipinski definition) is 3. The summed E-state index contributed by atoms with van der Waals surface area (Å²) in [6.45, 7) is -0.151. The summed E-state index contributed by atoms with van der Waals surface area (Å²) in [6, 6.07) is 3.74. The molecule has 0 unspecified atom stereocenters. The third-order valence-corrected chi connectivity index (χ3v) is 3.00. The van der Waals surface area contributed by atoms with E-state index in [4.69, 9.17) is 0 Å². The van der Waals surface area contributed by atoms with Crippen molar-refractivity contribution in [2.75, 3.05) is 6.54 Å². The maximum Gasteiger partial charge on any atom is 0.389 e. The molecule has 0 heterocycles. The molecular weight excluding hydrogens is 345 g/mol. The second-order valence-corrected chi connectivity index (χ2v) is 4.75. The minimum Gasteiger partial charge on any atom is -0.352 e. The molecule has 0 aliphatic carbocycles. The second kappa shape index (κ2) is 6.69. The van der Waals surface area contributed by atoms with E-state index >= 15 is 0 Å². The highest BCUT2D eigenvalue weighted by molar-refractivity contribution is 9.10. The number of nitrogens with one attached hydrogen (secondary N) is 1. The second-order valence-electron chi connectivity index (χ2n) is 3.90. The minimum atomic E-state index is -4.26. The summed E-state index contributed by atoms with van der Waals surface area (Å²) < 4.78 is 35.9. The molecule has 0 aliphatic heterocycles. The fraction of sp³-hybridized carbons (Fsp3) is 0.364. The zero-order chi connectivity index (χ0) is 15.3. The van der Waals surface area contributed by atoms with E-state index in [9.17, 15) is 28.1 Å². The van der Waals surface area contributed by atoms with Crippen LogP contribution in [0.1, 0.15) is 23.2 Å². The number of alkyl halides is 3. The summed E-state index contributed by atoms with van der Waals surface area (Å²) >= 11 is 2.97. The molecule has 0 bridgehead atoms. The molecule has 0 atom stereocenters. The predicted octanol–water partition coefficient (Wildman–Crippen LogP) is 3.43. The number of nitro groups is 1. The molecular formula is C11H10BrF3N2O3. The maximum absolute atomic E-state index is 11.9. The fourth-order valence-electron chi connectivity index (χ4n) is 1.39. The third kappa shape index (κ3) is 5.16. The van der Waals surface area contributed by atoms with Gasteiger partial charge in [0.1, 0.15) is 0 Å². The van der Waals surface area contributed by atoms with Gasteiger partial charge in [0.25, 0.3) is 11.6 Å². The van der Waals surface area contributed by atoms with Gasteiger partial charge in [0.2, 0.25) is 0 Å². The third-order valence-electron chi connectivity index (χ3n) is 2.33. The van der Waals surface area contributed by atoms with E-state index in [1.807, 2.05) is 0 Å². The maximum atomic E-state index is 11.9. The fourth-order valence-corrected chi connectivity index (χ4v) is 1.78. The molecule has 1 aromatic carbocycles. The quantitative estimate of drug-likeness (QED) is 0.500. The Morgan fingerprint density at radius 3 is 2.60 bits per heavy atom. The molecule has 1 N–H and O–H groups in total. The van der Waals surface area contributed by atoms with Crippen molar-refractivity contribution in [2.24, 2.45) is 0 Å². The van der Waals surface area contributed by atoms with Crippen molar-refractivity contribution in [3.63, 3.8) is 0 Å². The van der Waals surface area contributed by atoms with Crippen LogP contribution in [0.3, 0.4) is 0 Å². The molecule has 0 saturated heterocycles. The lowest BCUT2D eigenvalue weighted by Crippen LogP contribution is -2.25. The van der Waals surface area contributed by atoms with E-state index in [0.717, 1.165) is 6.07 Å². The number of nitrogens with zero attached hydrogens (tertiary/aromatic N) is 1. The Hall–Kier alpha value is -1.64. The van der Waals surface area contributed by atoms with Crippen molar-refractivity contribution < 1.29 is 22.9 Å². The summed E-state index contributed by atoms with van der Waals surface area (Å²) in [6.07, 6.45) is -5.50. The SMILES string of the molecule is O=C(NCCCC(F)(F)F)c1ccc(Br)c([N+](=O)[O-])c1. The lowest BCUT2D eigenvalue weighted by Gasteiger charge is -2.07. The monoisotopic (exact) mass is 354 g/mol. The molecule has 0 aliphatic rings. The Kier molecular flexibility index (Phi) is 5.49. The van der Waals surface area contributed by atoms with Gasteiger partial charge in [-0.05, 0) is 34.5 Å². The lowest BCUT2D eigenvalue weighted by molar-refractivity contribution is -0.385. The van der Waals surface area contributed by atoms with Gasteiger partial charge in [-0.3, -0.25) is 14.9 Å². The summed E-state index contributed by atoms with van der Waals surface area (Å²) in [5, 5.41) is 13.0. The summed E-state index contributed by atoms with van der Waals surface area (Å²) in [7, 11) is 0. The number of carbonyl (C=O) groups is 1. The molecule has 1 aromatic rings. The zero-order valence-corrected chi connectivity index (χ0v) is 11.6. The van der Waals surface area contributed by atoms with Gasteiger partial charge in [-0.15, -0.1) is 0 Å². The van der Waals surface area contributed by atoms with Gasteiger partial charge in [0, 0.05) is 24.6 Å². The summed E-state index contributed by atoms with van der Waals surface area (Å²) in [5.41, 5.74) is -0.264. The van der Waals surface area contributed by atoms with Crippen LogP contribution in [0.15, 0.2) is 22.7 Å². The van der Waals surface area contributed by atoms with Crippen LogP contribution in [0.4, 0.5) is 18.9 Å². The van der Waals surface area contributed by atoms with Crippen LogP contribution >= 0.6 is 15.9 Å². The smallest absolute Gasteiger partial charge is 0.352 e. The highest BCUT2D eigenvalue weighted by Gasteiger charge is 2.26. The van der Waals surface area contributed by atoms with E-state index in [2.05, 4.69) is 21.2 Å². The predicted molar refractivity (Wildman–Crippen MR) is 68.4 cm³/mol. The van der Waals surface area contributed by atoms with Crippen molar-refractivity contribution in [3.05, 3.63) is 38.3 Å². The highest BCUT2D eigenvalue weighted by atomic mass is 79.9. The van der Waals surface area contributed by atoms with Crippen molar-refractivity contribution >= 4 is 27.5 Å². The average Bonchev–Trinajstić information content (AvgIpc) is 2.33. The van der Waals surface area contributed by atoms with Crippen LogP contribution in [-0.2, 0) is 0 Å². The first-order valence-electron chi connectivity index (χ1n) is 5.49. The van der Waals surface area contributed by atoms with Crippen LogP contribution in [0.2, 0.25) is 0 Å². The Morgan fingerprint density at radius 1 is 1.40 bits per heavy atom. The molecule has 110 valence electrons. The van der Waals surface area contributed by atoms with E-state index in [1.165, 1.54) is 12.1 Å². The summed E-state index contributed by atoms with van der Waals surface area (Å²) in [5.74, 6) is -0.650. The first-order chi connectivity index (χ1) is 9.20. The van der Waals surface area contributed by atoms with Crippen LogP contribution in [0, 0.1) is 10.1 Å². The van der Waals surface area contributed by atoms with Gasteiger partial charge in [0.05, 0.1) is 9.40 Å². The Labute approximate surface area is 120 Å². The molecule has 0 spiro atoms. The van der Waals surface area contributed by atoms with Crippen molar-refractivity contribution in [2.45, 2.75) is 19.0 Å². The number of rotatable bonds is 5. The normalized spacial score (nSPS) is 11.2. The molecule has 0 radical (unpaired) electrons. The average molecular weight is 355 g/mol. The number of hydrogen-bond donors (Lipinski definition) is 1. The number of amides is 1. The number of carbonyl (C=O) groups excluding carboxylic acids is 1. The van der Waals surface area contributed by atoms with Gasteiger partial charge < -0.3 is 5.32 Å². The minimum absolute atomic E-state index is 0.0203. The zero-order valence-electron chi connectivity index (χ0n) is 10.0. The highest BCUT2D eigenvalue weighted by Crippen LogP contribution is 2.25. The van der Waals surface area contributed by atoms with Gasteiger partial charge in [-0.1, -0.05) is 0 Å². The Morgan fingerprint density at radius 2 is 2.05 bits per heavy atom. The molecule has 1 rings (SSSR count). The Balaban J connectivity index is 2.60. The van der Waals surface area contributed by atoms with Crippen LogP contribution in [-0.4, -0.2) is 23.6 Å². The van der Waals surface area contributed by atoms with E-state index in [1.54, 1.807) is 0 Å². The van der Waals surface area contributed by atoms with Gasteiger partial charge in [-0.2, -0.15) is 13.2 Å².